The summed E-state index contributed by atoms with van der Waals surface area (Å²) < 4.78 is 39.2. The van der Waals surface area contributed by atoms with Gasteiger partial charge in [-0.05, 0) is 87.3 Å². The van der Waals surface area contributed by atoms with Gasteiger partial charge in [0, 0.05) is 25.2 Å². The van der Waals surface area contributed by atoms with E-state index in [4.69, 9.17) is 9.47 Å². The molecule has 15 heteroatoms. The van der Waals surface area contributed by atoms with Gasteiger partial charge in [0.1, 0.15) is 5.60 Å². The Morgan fingerprint density at radius 1 is 1.02 bits per heavy atom. The van der Waals surface area contributed by atoms with Crippen LogP contribution in [0.1, 0.15) is 86.4 Å². The third-order valence-corrected chi connectivity index (χ3v) is 8.46. The van der Waals surface area contributed by atoms with E-state index in [0.717, 1.165) is 30.2 Å². The molecule has 2 aromatic carbocycles. The van der Waals surface area contributed by atoms with Gasteiger partial charge in [-0.25, -0.2) is 17.9 Å². The van der Waals surface area contributed by atoms with Crippen LogP contribution in [0.15, 0.2) is 36.5 Å². The lowest BCUT2D eigenvalue weighted by molar-refractivity contribution is 0.0167. The van der Waals surface area contributed by atoms with Gasteiger partial charge in [0.05, 0.1) is 36.6 Å². The largest absolute Gasteiger partial charge is 0.492 e. The Labute approximate surface area is 288 Å². The molecule has 0 aliphatic carbocycles. The number of aromatic nitrogens is 3. The van der Waals surface area contributed by atoms with E-state index in [2.05, 4.69) is 25.7 Å². The van der Waals surface area contributed by atoms with Crippen LogP contribution in [0.5, 0.6) is 5.75 Å². The quantitative estimate of drug-likeness (QED) is 0.282. The molecule has 1 aromatic heterocycles. The second-order valence-electron chi connectivity index (χ2n) is 14.4. The highest BCUT2D eigenvalue weighted by atomic mass is 32.2. The number of sulfonamides is 1. The highest BCUT2D eigenvalue weighted by molar-refractivity contribution is 7.92. The van der Waals surface area contributed by atoms with Crippen molar-refractivity contribution in [2.45, 2.75) is 72.3 Å². The topological polar surface area (TPSA) is 174 Å². The van der Waals surface area contributed by atoms with Gasteiger partial charge >= 0.3 is 6.09 Å². The van der Waals surface area contributed by atoms with E-state index in [1.807, 2.05) is 48.5 Å². The van der Waals surface area contributed by atoms with Gasteiger partial charge in [-0.2, -0.15) is 0 Å². The summed E-state index contributed by atoms with van der Waals surface area (Å²) in [6, 6.07) is 8.48. The standard InChI is InChI=1S/C34H47N7O7S/c1-21-12-13-23(30(42)36-25-16-24(33(2,3)4)17-26(29(25)47-8)38-49(9,45)46)15-28(21)41-20-27(37-39-41)31(43)35-18-22-11-10-14-40(19-22)32(44)48-34(5,6)7/h12-13,15-17,20,22,38H,10-11,14,18-19H2,1-9H3,(H,35,43)(H,36,42). The summed E-state index contributed by atoms with van der Waals surface area (Å²) in [4.78, 5) is 40.8. The van der Waals surface area contributed by atoms with Crippen LogP contribution in [0.4, 0.5) is 16.2 Å². The molecular formula is C34H47N7O7S. The number of methoxy groups -OCH3 is 1. The third kappa shape index (κ3) is 9.94. The van der Waals surface area contributed by atoms with Crippen molar-refractivity contribution in [1.29, 1.82) is 0 Å². The summed E-state index contributed by atoms with van der Waals surface area (Å²) in [7, 11) is -2.25. The van der Waals surface area contributed by atoms with Crippen molar-refractivity contribution in [2.75, 3.05) is 43.0 Å². The number of hydrogen-bond acceptors (Lipinski definition) is 9. The molecule has 1 atom stereocenters. The van der Waals surface area contributed by atoms with E-state index in [0.29, 0.717) is 31.0 Å². The molecule has 1 aliphatic rings. The van der Waals surface area contributed by atoms with Crippen LogP contribution in [-0.4, -0.2) is 84.8 Å². The number of anilines is 2. The van der Waals surface area contributed by atoms with Gasteiger partial charge in [-0.15, -0.1) is 5.10 Å². The average Bonchev–Trinajstić information content (AvgIpc) is 3.48. The van der Waals surface area contributed by atoms with E-state index in [1.54, 1.807) is 35.2 Å². The number of nitrogens with one attached hydrogen (secondary N) is 3. The molecule has 2 heterocycles. The zero-order chi connectivity index (χ0) is 36.3. The second-order valence-corrected chi connectivity index (χ2v) is 16.1. The molecular weight excluding hydrogens is 650 g/mol. The number of ether oxygens (including phenoxy) is 2. The third-order valence-electron chi connectivity index (χ3n) is 7.87. The molecule has 1 unspecified atom stereocenters. The predicted octanol–water partition coefficient (Wildman–Crippen LogP) is 4.88. The second kappa shape index (κ2) is 14.4. The number of nitrogens with zero attached hydrogens (tertiary/aromatic N) is 4. The van der Waals surface area contributed by atoms with Crippen molar-refractivity contribution in [3.8, 4) is 11.4 Å². The molecule has 0 radical (unpaired) electrons. The molecule has 0 bridgehead atoms. The van der Waals surface area contributed by atoms with E-state index in [-0.39, 0.29) is 40.1 Å². The highest BCUT2D eigenvalue weighted by Crippen LogP contribution is 2.39. The monoisotopic (exact) mass is 697 g/mol. The van der Waals surface area contributed by atoms with Gasteiger partial charge in [0.25, 0.3) is 11.8 Å². The first kappa shape index (κ1) is 37.2. The minimum atomic E-state index is -3.64. The van der Waals surface area contributed by atoms with Gasteiger partial charge in [0.2, 0.25) is 10.0 Å². The van der Waals surface area contributed by atoms with Crippen molar-refractivity contribution in [1.82, 2.24) is 25.2 Å². The molecule has 1 saturated heterocycles. The lowest BCUT2D eigenvalue weighted by Crippen LogP contribution is -2.45. The van der Waals surface area contributed by atoms with Crippen molar-refractivity contribution < 1.29 is 32.3 Å². The maximum atomic E-state index is 13.6. The fraction of sp³-hybridized carbons (Fsp3) is 0.500. The Balaban J connectivity index is 1.49. The Morgan fingerprint density at radius 2 is 1.71 bits per heavy atom. The van der Waals surface area contributed by atoms with E-state index in [1.165, 1.54) is 18.0 Å². The van der Waals surface area contributed by atoms with Crippen LogP contribution in [0.2, 0.25) is 0 Å². The number of benzene rings is 2. The Kier molecular flexibility index (Phi) is 11.0. The van der Waals surface area contributed by atoms with Crippen molar-refractivity contribution in [3.63, 3.8) is 0 Å². The summed E-state index contributed by atoms with van der Waals surface area (Å²) in [6.07, 6.45) is 3.85. The minimum absolute atomic E-state index is 0.0682. The number of aryl methyl sites for hydroxylation is 1. The minimum Gasteiger partial charge on any atom is -0.492 e. The molecule has 1 aliphatic heterocycles. The van der Waals surface area contributed by atoms with Crippen LogP contribution in [-0.2, 0) is 20.2 Å². The molecule has 3 aromatic rings. The van der Waals surface area contributed by atoms with E-state index in [9.17, 15) is 22.8 Å². The van der Waals surface area contributed by atoms with Crippen LogP contribution in [0.3, 0.4) is 0 Å². The zero-order valence-electron chi connectivity index (χ0n) is 29.6. The first-order valence-electron chi connectivity index (χ1n) is 16.0. The first-order chi connectivity index (χ1) is 22.7. The van der Waals surface area contributed by atoms with Crippen LogP contribution in [0, 0.1) is 12.8 Å². The summed E-state index contributed by atoms with van der Waals surface area (Å²) in [5.74, 6) is -0.645. The van der Waals surface area contributed by atoms with Crippen molar-refractivity contribution in [2.24, 2.45) is 5.92 Å². The fourth-order valence-corrected chi connectivity index (χ4v) is 5.93. The molecule has 3 N–H and O–H groups in total. The number of hydrogen-bond donors (Lipinski definition) is 3. The molecule has 0 saturated carbocycles. The molecule has 14 nitrogen and oxygen atoms in total. The fourth-order valence-electron chi connectivity index (χ4n) is 5.38. The molecule has 49 heavy (non-hydrogen) atoms. The molecule has 3 amide bonds. The summed E-state index contributed by atoms with van der Waals surface area (Å²) in [5.41, 5.74) is 2.02. The Bertz CT molecular complexity index is 1820. The van der Waals surface area contributed by atoms with Gasteiger partial charge < -0.3 is 25.0 Å². The Morgan fingerprint density at radius 3 is 2.35 bits per heavy atom. The van der Waals surface area contributed by atoms with Crippen molar-refractivity contribution >= 4 is 39.3 Å². The molecule has 1 fully saturated rings. The summed E-state index contributed by atoms with van der Waals surface area (Å²) in [6.45, 7) is 14.7. The molecule has 266 valence electrons. The Hall–Kier alpha value is -4.66. The van der Waals surface area contributed by atoms with Gasteiger partial charge in [0.15, 0.2) is 11.4 Å². The summed E-state index contributed by atoms with van der Waals surface area (Å²) in [5, 5.41) is 14.0. The lowest BCUT2D eigenvalue weighted by Gasteiger charge is -2.34. The highest BCUT2D eigenvalue weighted by Gasteiger charge is 2.28. The first-order valence-corrected chi connectivity index (χ1v) is 17.9. The predicted molar refractivity (Wildman–Crippen MR) is 187 cm³/mol. The SMILES string of the molecule is COc1c(NC(=O)c2ccc(C)c(-n3cc(C(=O)NCC4CCCN(C(=O)OC(C)(C)C)C4)nn3)c2)cc(C(C)(C)C)cc1NS(C)(=O)=O. The van der Waals surface area contributed by atoms with Gasteiger partial charge in [-0.3, -0.25) is 14.3 Å². The number of carbonyl (C=O) groups is 3. The van der Waals surface area contributed by atoms with Crippen LogP contribution in [0.25, 0.3) is 5.69 Å². The van der Waals surface area contributed by atoms with Gasteiger partial charge in [-0.1, -0.05) is 32.1 Å². The number of likely N-dealkylation sites (tertiary alicyclic amines) is 1. The molecule has 0 spiro atoms. The number of rotatable bonds is 9. The lowest BCUT2D eigenvalue weighted by atomic mass is 9.86. The normalized spacial score (nSPS) is 15.4. The molecule has 4 rings (SSSR count). The maximum absolute atomic E-state index is 13.6. The van der Waals surface area contributed by atoms with Crippen LogP contribution < -0.4 is 20.1 Å². The van der Waals surface area contributed by atoms with E-state index >= 15 is 0 Å². The van der Waals surface area contributed by atoms with E-state index < -0.39 is 27.4 Å². The number of carbonyl (C=O) groups excluding carboxylic acids is 3. The zero-order valence-corrected chi connectivity index (χ0v) is 30.4. The maximum Gasteiger partial charge on any atom is 0.410 e. The van der Waals surface area contributed by atoms with Crippen molar-refractivity contribution in [3.05, 3.63) is 58.9 Å². The smallest absolute Gasteiger partial charge is 0.410 e. The number of piperidine rings is 1. The summed E-state index contributed by atoms with van der Waals surface area (Å²) >= 11 is 0. The van der Waals surface area contributed by atoms with Crippen LogP contribution >= 0.6 is 0 Å². The number of amides is 3. The average molecular weight is 698 g/mol.